The molecule has 0 saturated heterocycles. The molecule has 0 aliphatic heterocycles. The van der Waals surface area contributed by atoms with E-state index in [1.165, 1.54) is 154 Å². The minimum Gasteiger partial charge on any atom is -0.462 e. The maximum atomic E-state index is 13.0. The molecule has 0 spiro atoms. The minimum absolute atomic E-state index is 0.103. The van der Waals surface area contributed by atoms with Gasteiger partial charge in [-0.3, -0.25) is 37.3 Å². The molecule has 89 heavy (non-hydrogen) atoms. The van der Waals surface area contributed by atoms with Gasteiger partial charge in [-0.1, -0.05) is 299 Å². The monoisotopic (exact) mass is 1310 g/mol. The van der Waals surface area contributed by atoms with Crippen LogP contribution < -0.4 is 0 Å². The number of phosphoric acid groups is 2. The molecule has 0 radical (unpaired) electrons. The second kappa shape index (κ2) is 61.0. The standard InChI is InChI=1S/C70H136O17P2/c1-8-11-12-13-14-15-25-28-37-44-51-67(72)80-57-66(87-70(75)54-47-40-33-31-36-43-50-63(7)10-3)60-85-89(78,79)83-56-64(71)55-82-88(76,77)84-59-65(58-81-68(73)52-45-38-32-30-35-42-49-62(6)9-2)86-69(74)53-46-39-29-26-23-21-19-17-16-18-20-22-24-27-34-41-48-61(4)5/h61-66,71H,8-60H2,1-7H3,(H,76,77)(H,78,79)/t62?,63?,64-,65-,66-/m1/s1. The van der Waals surface area contributed by atoms with Crippen molar-refractivity contribution >= 4 is 39.5 Å². The Hall–Kier alpha value is -1.94. The number of rotatable bonds is 68. The van der Waals surface area contributed by atoms with Crippen molar-refractivity contribution in [2.24, 2.45) is 17.8 Å². The van der Waals surface area contributed by atoms with E-state index in [0.29, 0.717) is 25.7 Å². The molecule has 0 aromatic heterocycles. The van der Waals surface area contributed by atoms with Gasteiger partial charge in [0.05, 0.1) is 26.4 Å². The van der Waals surface area contributed by atoms with Crippen LogP contribution in [0.5, 0.6) is 0 Å². The van der Waals surface area contributed by atoms with Crippen LogP contribution in [-0.4, -0.2) is 96.7 Å². The summed E-state index contributed by atoms with van der Waals surface area (Å²) in [4.78, 5) is 72.4. The molecule has 0 fully saturated rings. The van der Waals surface area contributed by atoms with Crippen molar-refractivity contribution in [2.45, 2.75) is 369 Å². The summed E-state index contributed by atoms with van der Waals surface area (Å²) < 4.78 is 68.2. The van der Waals surface area contributed by atoms with E-state index in [9.17, 15) is 43.2 Å². The van der Waals surface area contributed by atoms with E-state index >= 15 is 0 Å². The first kappa shape index (κ1) is 87.1. The van der Waals surface area contributed by atoms with Crippen molar-refractivity contribution in [3.05, 3.63) is 0 Å². The SMILES string of the molecule is CCCCCCCCCCCCC(=O)OC[C@H](COP(=O)(O)OC[C@H](O)COP(=O)(O)OC[C@@H](COC(=O)CCCCCCCCC(C)CC)OC(=O)CCCCCCCCCCCCCCCCCCC(C)C)OC(=O)CCCCCCCCC(C)CC. The van der Waals surface area contributed by atoms with E-state index in [1.807, 2.05) is 0 Å². The number of carbonyl (C=O) groups is 4. The zero-order valence-corrected chi connectivity index (χ0v) is 59.7. The fourth-order valence-electron chi connectivity index (χ4n) is 10.5. The number of aliphatic hydroxyl groups is 1. The Morgan fingerprint density at radius 1 is 0.326 bits per heavy atom. The Balaban J connectivity index is 5.20. The topological polar surface area (TPSA) is 237 Å². The van der Waals surface area contributed by atoms with E-state index in [4.69, 9.17) is 37.0 Å². The van der Waals surface area contributed by atoms with E-state index in [2.05, 4.69) is 48.5 Å². The Labute approximate surface area is 543 Å². The molecule has 0 rings (SSSR count). The molecular formula is C70H136O17P2. The first-order valence-electron chi connectivity index (χ1n) is 36.4. The number of aliphatic hydroxyl groups excluding tert-OH is 1. The van der Waals surface area contributed by atoms with Gasteiger partial charge in [-0.05, 0) is 43.4 Å². The van der Waals surface area contributed by atoms with E-state index < -0.39 is 97.5 Å². The smallest absolute Gasteiger partial charge is 0.462 e. The molecule has 19 heteroatoms. The van der Waals surface area contributed by atoms with Gasteiger partial charge in [0, 0.05) is 25.7 Å². The molecule has 3 N–H and O–H groups in total. The zero-order valence-electron chi connectivity index (χ0n) is 57.9. The molecule has 7 atom stereocenters. The number of ether oxygens (including phenoxy) is 4. The van der Waals surface area contributed by atoms with Crippen molar-refractivity contribution in [3.63, 3.8) is 0 Å². The molecule has 0 aliphatic carbocycles. The summed E-state index contributed by atoms with van der Waals surface area (Å²) in [6.07, 6.45) is 44.5. The van der Waals surface area contributed by atoms with Crippen LogP contribution in [0, 0.1) is 17.8 Å². The molecule has 0 saturated carbocycles. The van der Waals surface area contributed by atoms with Gasteiger partial charge in [0.1, 0.15) is 19.3 Å². The van der Waals surface area contributed by atoms with Crippen molar-refractivity contribution in [3.8, 4) is 0 Å². The van der Waals surface area contributed by atoms with Crippen LogP contribution in [0.25, 0.3) is 0 Å². The number of carbonyl (C=O) groups excluding carboxylic acids is 4. The average molecular weight is 1310 g/mol. The summed E-state index contributed by atoms with van der Waals surface area (Å²) in [5, 5.41) is 10.6. The molecule has 0 aliphatic rings. The van der Waals surface area contributed by atoms with Crippen LogP contribution in [0.4, 0.5) is 0 Å². The third-order valence-electron chi connectivity index (χ3n) is 16.9. The minimum atomic E-state index is -4.95. The highest BCUT2D eigenvalue weighted by Crippen LogP contribution is 2.45. The predicted octanol–water partition coefficient (Wildman–Crippen LogP) is 19.8. The maximum Gasteiger partial charge on any atom is 0.472 e. The molecule has 0 aromatic rings. The predicted molar refractivity (Wildman–Crippen MR) is 358 cm³/mol. The molecule has 0 bridgehead atoms. The Morgan fingerprint density at radius 2 is 0.573 bits per heavy atom. The van der Waals surface area contributed by atoms with Crippen molar-refractivity contribution in [1.82, 2.24) is 0 Å². The van der Waals surface area contributed by atoms with Crippen LogP contribution in [0.15, 0.2) is 0 Å². The quantitative estimate of drug-likeness (QED) is 0.0222. The van der Waals surface area contributed by atoms with Crippen LogP contribution in [-0.2, 0) is 65.4 Å². The number of esters is 4. The van der Waals surface area contributed by atoms with Crippen molar-refractivity contribution < 1.29 is 80.2 Å². The third-order valence-corrected chi connectivity index (χ3v) is 18.8. The van der Waals surface area contributed by atoms with Gasteiger partial charge in [-0.25, -0.2) is 9.13 Å². The van der Waals surface area contributed by atoms with Gasteiger partial charge in [-0.15, -0.1) is 0 Å². The normalized spacial score (nSPS) is 14.8. The Morgan fingerprint density at radius 3 is 0.854 bits per heavy atom. The summed E-state index contributed by atoms with van der Waals surface area (Å²) in [6.45, 7) is 11.8. The molecule has 17 nitrogen and oxygen atoms in total. The summed E-state index contributed by atoms with van der Waals surface area (Å²) in [5.41, 5.74) is 0. The highest BCUT2D eigenvalue weighted by molar-refractivity contribution is 7.47. The number of hydrogen-bond acceptors (Lipinski definition) is 15. The van der Waals surface area contributed by atoms with Gasteiger partial charge in [0.2, 0.25) is 0 Å². The average Bonchev–Trinajstić information content (AvgIpc) is 3.56. The van der Waals surface area contributed by atoms with E-state index in [1.54, 1.807) is 0 Å². The molecule has 528 valence electrons. The molecule has 4 unspecified atom stereocenters. The molecule has 0 heterocycles. The van der Waals surface area contributed by atoms with Crippen LogP contribution in [0.3, 0.4) is 0 Å². The first-order valence-corrected chi connectivity index (χ1v) is 39.4. The molecular weight excluding hydrogens is 1170 g/mol. The van der Waals surface area contributed by atoms with Crippen LogP contribution in [0.1, 0.15) is 350 Å². The van der Waals surface area contributed by atoms with E-state index in [0.717, 1.165) is 114 Å². The second-order valence-electron chi connectivity index (χ2n) is 26.2. The maximum absolute atomic E-state index is 13.0. The summed E-state index contributed by atoms with van der Waals surface area (Å²) in [6, 6.07) is 0. The van der Waals surface area contributed by atoms with Crippen LogP contribution >= 0.6 is 15.6 Å². The highest BCUT2D eigenvalue weighted by Gasteiger charge is 2.30. The number of unbranched alkanes of at least 4 members (excludes halogenated alkanes) is 34. The van der Waals surface area contributed by atoms with Crippen molar-refractivity contribution in [2.75, 3.05) is 39.6 Å². The number of phosphoric ester groups is 2. The lowest BCUT2D eigenvalue weighted by atomic mass is 10.00. The lowest BCUT2D eigenvalue weighted by Gasteiger charge is -2.21. The van der Waals surface area contributed by atoms with Gasteiger partial charge in [0.25, 0.3) is 0 Å². The van der Waals surface area contributed by atoms with E-state index in [-0.39, 0.29) is 25.7 Å². The highest BCUT2D eigenvalue weighted by atomic mass is 31.2. The van der Waals surface area contributed by atoms with Gasteiger partial charge < -0.3 is 33.8 Å². The third kappa shape index (κ3) is 62.0. The summed E-state index contributed by atoms with van der Waals surface area (Å²) >= 11 is 0. The lowest BCUT2D eigenvalue weighted by molar-refractivity contribution is -0.161. The van der Waals surface area contributed by atoms with Gasteiger partial charge >= 0.3 is 39.5 Å². The lowest BCUT2D eigenvalue weighted by Crippen LogP contribution is -2.30. The Bertz CT molecular complexity index is 1750. The fourth-order valence-corrected chi connectivity index (χ4v) is 12.1. The van der Waals surface area contributed by atoms with Crippen molar-refractivity contribution in [1.29, 1.82) is 0 Å². The van der Waals surface area contributed by atoms with Gasteiger partial charge in [0.15, 0.2) is 12.2 Å². The fraction of sp³-hybridized carbons (Fsp3) is 0.943. The van der Waals surface area contributed by atoms with Crippen LogP contribution in [0.2, 0.25) is 0 Å². The largest absolute Gasteiger partial charge is 0.472 e. The zero-order chi connectivity index (χ0) is 65.9. The van der Waals surface area contributed by atoms with Gasteiger partial charge in [-0.2, -0.15) is 0 Å². The first-order chi connectivity index (χ1) is 42.8. The summed E-state index contributed by atoms with van der Waals surface area (Å²) in [5.74, 6) is 0.129. The Kier molecular flexibility index (Phi) is 59.6. The molecule has 0 amide bonds. The number of hydrogen-bond donors (Lipinski definition) is 3. The second-order valence-corrected chi connectivity index (χ2v) is 29.1. The summed E-state index contributed by atoms with van der Waals surface area (Å²) in [7, 11) is -9.90. The molecule has 0 aromatic carbocycles.